The first kappa shape index (κ1) is 12.5. The smallest absolute Gasteiger partial charge is 0.163 e. The van der Waals surface area contributed by atoms with Crippen LogP contribution in [0.1, 0.15) is 25.3 Å². The van der Waals surface area contributed by atoms with Gasteiger partial charge in [-0.2, -0.15) is 0 Å². The number of nitrogens with two attached hydrogens (primary N) is 1. The van der Waals surface area contributed by atoms with E-state index < -0.39 is 11.6 Å². The molecule has 0 aliphatic carbocycles. The third kappa shape index (κ3) is 2.82. The third-order valence-electron chi connectivity index (χ3n) is 3.46. The van der Waals surface area contributed by atoms with Gasteiger partial charge in [-0.1, -0.05) is 12.1 Å². The zero-order chi connectivity index (χ0) is 12.4. The van der Waals surface area contributed by atoms with Crippen molar-refractivity contribution in [3.63, 3.8) is 0 Å². The molecule has 0 saturated carbocycles. The molecule has 1 aromatic rings. The number of nitrogens with zero attached hydrogens (tertiary/aromatic N) is 1. The van der Waals surface area contributed by atoms with Gasteiger partial charge in [0.25, 0.3) is 0 Å². The van der Waals surface area contributed by atoms with Crippen LogP contribution in [0.2, 0.25) is 0 Å². The molecule has 2 atom stereocenters. The van der Waals surface area contributed by atoms with Gasteiger partial charge in [0.15, 0.2) is 11.6 Å². The van der Waals surface area contributed by atoms with Crippen molar-refractivity contribution in [1.82, 2.24) is 4.90 Å². The Morgan fingerprint density at radius 2 is 2.18 bits per heavy atom. The predicted molar refractivity (Wildman–Crippen MR) is 63.4 cm³/mol. The maximum atomic E-state index is 13.5. The van der Waals surface area contributed by atoms with E-state index >= 15 is 0 Å². The number of piperidine rings is 1. The minimum atomic E-state index is -0.774. The first-order valence-corrected chi connectivity index (χ1v) is 6.00. The zero-order valence-corrected chi connectivity index (χ0v) is 10.00. The largest absolute Gasteiger partial charge is 0.328 e. The Labute approximate surface area is 100 Å². The normalized spacial score (nSPS) is 26.1. The van der Waals surface area contributed by atoms with Gasteiger partial charge in [-0.15, -0.1) is 0 Å². The summed E-state index contributed by atoms with van der Waals surface area (Å²) in [6, 6.07) is 4.89. The molecule has 0 bridgehead atoms. The van der Waals surface area contributed by atoms with E-state index in [0.29, 0.717) is 18.2 Å². The first-order chi connectivity index (χ1) is 8.08. The second-order valence-electron chi connectivity index (χ2n) is 4.82. The highest BCUT2D eigenvalue weighted by atomic mass is 19.2. The predicted octanol–water partition coefficient (Wildman–Crippen LogP) is 2.28. The number of rotatable bonds is 2. The minimum Gasteiger partial charge on any atom is -0.328 e. The third-order valence-corrected chi connectivity index (χ3v) is 3.46. The lowest BCUT2D eigenvalue weighted by Gasteiger charge is -2.36. The fourth-order valence-corrected chi connectivity index (χ4v) is 2.38. The molecule has 1 fully saturated rings. The Kier molecular flexibility index (Phi) is 3.74. The standard InChI is InChI=1S/C13H18F2N2/c1-9-7-11(16)5-6-17(9)8-10-3-2-4-12(14)13(10)15/h2-4,9,11H,5-8,16H2,1H3. The van der Waals surface area contributed by atoms with Gasteiger partial charge in [-0.3, -0.25) is 4.90 Å². The Morgan fingerprint density at radius 3 is 2.88 bits per heavy atom. The Balaban J connectivity index is 2.08. The van der Waals surface area contributed by atoms with Gasteiger partial charge < -0.3 is 5.73 Å². The molecule has 2 nitrogen and oxygen atoms in total. The molecule has 1 aliphatic rings. The van der Waals surface area contributed by atoms with Crippen LogP contribution in [0.4, 0.5) is 8.78 Å². The van der Waals surface area contributed by atoms with Crippen molar-refractivity contribution in [2.45, 2.75) is 38.4 Å². The molecule has 0 radical (unpaired) electrons. The summed E-state index contributed by atoms with van der Waals surface area (Å²) in [6.07, 6.45) is 1.83. The van der Waals surface area contributed by atoms with Gasteiger partial charge in [-0.25, -0.2) is 8.78 Å². The van der Waals surface area contributed by atoms with Gasteiger partial charge in [0.1, 0.15) is 0 Å². The van der Waals surface area contributed by atoms with Crippen molar-refractivity contribution in [1.29, 1.82) is 0 Å². The minimum absolute atomic E-state index is 0.235. The van der Waals surface area contributed by atoms with Crippen molar-refractivity contribution >= 4 is 0 Å². The highest BCUT2D eigenvalue weighted by Gasteiger charge is 2.24. The van der Waals surface area contributed by atoms with Crippen molar-refractivity contribution in [2.75, 3.05) is 6.54 Å². The summed E-state index contributed by atoms with van der Waals surface area (Å²) in [5.41, 5.74) is 6.30. The van der Waals surface area contributed by atoms with Crippen LogP contribution < -0.4 is 5.73 Å². The monoisotopic (exact) mass is 240 g/mol. The SMILES string of the molecule is CC1CC(N)CCN1Cc1cccc(F)c1F. The molecule has 0 amide bonds. The van der Waals surface area contributed by atoms with Crippen molar-refractivity contribution in [3.8, 4) is 0 Å². The highest BCUT2D eigenvalue weighted by Crippen LogP contribution is 2.20. The first-order valence-electron chi connectivity index (χ1n) is 6.00. The number of benzene rings is 1. The van der Waals surface area contributed by atoms with Crippen LogP contribution in [0.15, 0.2) is 18.2 Å². The Morgan fingerprint density at radius 1 is 1.41 bits per heavy atom. The summed E-state index contributed by atoms with van der Waals surface area (Å²) in [5, 5.41) is 0. The van der Waals surface area contributed by atoms with Crippen LogP contribution in [0.3, 0.4) is 0 Å². The van der Waals surface area contributed by atoms with Gasteiger partial charge in [0.05, 0.1) is 0 Å². The Bertz CT molecular complexity index is 395. The van der Waals surface area contributed by atoms with Gasteiger partial charge in [0, 0.05) is 30.7 Å². The maximum Gasteiger partial charge on any atom is 0.163 e. The molecule has 1 heterocycles. The number of hydrogen-bond acceptors (Lipinski definition) is 2. The highest BCUT2D eigenvalue weighted by molar-refractivity contribution is 5.19. The molecular weight excluding hydrogens is 222 g/mol. The summed E-state index contributed by atoms with van der Waals surface area (Å²) < 4.78 is 26.6. The lowest BCUT2D eigenvalue weighted by Crippen LogP contribution is -2.45. The lowest BCUT2D eigenvalue weighted by atomic mass is 9.98. The molecule has 17 heavy (non-hydrogen) atoms. The summed E-state index contributed by atoms with van der Waals surface area (Å²) in [4.78, 5) is 2.15. The molecule has 0 aromatic heterocycles. The number of likely N-dealkylation sites (tertiary alicyclic amines) is 1. The van der Waals surface area contributed by atoms with Crippen LogP contribution in [0, 0.1) is 11.6 Å². The van der Waals surface area contributed by atoms with E-state index in [1.807, 2.05) is 0 Å². The van der Waals surface area contributed by atoms with Crippen molar-refractivity contribution in [2.24, 2.45) is 5.73 Å². The quantitative estimate of drug-likeness (QED) is 0.859. The molecule has 1 saturated heterocycles. The fourth-order valence-electron chi connectivity index (χ4n) is 2.38. The number of halogens is 2. The molecule has 2 rings (SSSR count). The van der Waals surface area contributed by atoms with Gasteiger partial charge in [0.2, 0.25) is 0 Å². The van der Waals surface area contributed by atoms with E-state index in [2.05, 4.69) is 11.8 Å². The average molecular weight is 240 g/mol. The second kappa shape index (κ2) is 5.10. The van der Waals surface area contributed by atoms with E-state index in [0.717, 1.165) is 25.5 Å². The Hall–Kier alpha value is -1.00. The van der Waals surface area contributed by atoms with Crippen molar-refractivity contribution < 1.29 is 8.78 Å². The number of hydrogen-bond donors (Lipinski definition) is 1. The van der Waals surface area contributed by atoms with Crippen LogP contribution in [-0.4, -0.2) is 23.5 Å². The van der Waals surface area contributed by atoms with E-state index in [4.69, 9.17) is 5.73 Å². The van der Waals surface area contributed by atoms with E-state index in [1.54, 1.807) is 12.1 Å². The van der Waals surface area contributed by atoms with E-state index in [-0.39, 0.29) is 6.04 Å². The van der Waals surface area contributed by atoms with E-state index in [1.165, 1.54) is 0 Å². The summed E-state index contributed by atoms with van der Waals surface area (Å²) in [7, 11) is 0. The molecule has 2 unspecified atom stereocenters. The van der Waals surface area contributed by atoms with Gasteiger partial charge in [-0.05, 0) is 25.8 Å². The molecule has 4 heteroatoms. The van der Waals surface area contributed by atoms with Crippen molar-refractivity contribution in [3.05, 3.63) is 35.4 Å². The average Bonchev–Trinajstić information content (AvgIpc) is 2.28. The molecule has 1 aliphatic heterocycles. The molecule has 1 aromatic carbocycles. The molecule has 94 valence electrons. The van der Waals surface area contributed by atoms with Gasteiger partial charge >= 0.3 is 0 Å². The lowest BCUT2D eigenvalue weighted by molar-refractivity contribution is 0.138. The molecular formula is C13H18F2N2. The molecule has 0 spiro atoms. The summed E-state index contributed by atoms with van der Waals surface area (Å²) in [5.74, 6) is -1.50. The van der Waals surface area contributed by atoms with Crippen LogP contribution in [0.5, 0.6) is 0 Å². The topological polar surface area (TPSA) is 29.3 Å². The summed E-state index contributed by atoms with van der Waals surface area (Å²) in [6.45, 7) is 3.38. The molecule has 2 N–H and O–H groups in total. The second-order valence-corrected chi connectivity index (χ2v) is 4.82. The van der Waals surface area contributed by atoms with E-state index in [9.17, 15) is 8.78 Å². The van der Waals surface area contributed by atoms with Crippen LogP contribution in [-0.2, 0) is 6.54 Å². The van der Waals surface area contributed by atoms with Crippen LogP contribution in [0.25, 0.3) is 0 Å². The zero-order valence-electron chi connectivity index (χ0n) is 10.00. The fraction of sp³-hybridized carbons (Fsp3) is 0.538. The maximum absolute atomic E-state index is 13.5. The van der Waals surface area contributed by atoms with Crippen LogP contribution >= 0.6 is 0 Å². The summed E-state index contributed by atoms with van der Waals surface area (Å²) >= 11 is 0.